The SMILES string of the molecule is Cl.O=C(Cc1ccc(Cl)cc1)N1CCCCC1CCN1CCCCCC1. The lowest BCUT2D eigenvalue weighted by atomic mass is 9.98. The van der Waals surface area contributed by atoms with E-state index in [4.69, 9.17) is 11.6 Å². The van der Waals surface area contributed by atoms with Crippen LogP contribution in [0, 0.1) is 0 Å². The van der Waals surface area contributed by atoms with Crippen LogP contribution in [0.4, 0.5) is 0 Å². The molecule has 0 aromatic heterocycles. The molecule has 2 aliphatic heterocycles. The largest absolute Gasteiger partial charge is 0.339 e. The number of nitrogens with zero attached hydrogens (tertiary/aromatic N) is 2. The van der Waals surface area contributed by atoms with Gasteiger partial charge in [0, 0.05) is 24.2 Å². The van der Waals surface area contributed by atoms with E-state index in [1.54, 1.807) is 0 Å². The molecule has 2 aliphatic rings. The zero-order valence-corrected chi connectivity index (χ0v) is 17.2. The van der Waals surface area contributed by atoms with Gasteiger partial charge in [-0.15, -0.1) is 12.4 Å². The average Bonchev–Trinajstić information content (AvgIpc) is 2.91. The minimum Gasteiger partial charge on any atom is -0.339 e. The first kappa shape index (κ1) is 21.5. The first-order valence-corrected chi connectivity index (χ1v) is 10.4. The minimum absolute atomic E-state index is 0. The Morgan fingerprint density at radius 2 is 1.62 bits per heavy atom. The summed E-state index contributed by atoms with van der Waals surface area (Å²) >= 11 is 5.95. The lowest BCUT2D eigenvalue weighted by Crippen LogP contribution is -2.46. The van der Waals surface area contributed by atoms with Crippen LogP contribution in [-0.4, -0.2) is 47.9 Å². The molecule has 146 valence electrons. The van der Waals surface area contributed by atoms with E-state index in [1.807, 2.05) is 24.3 Å². The van der Waals surface area contributed by atoms with Gasteiger partial charge in [0.15, 0.2) is 0 Å². The van der Waals surface area contributed by atoms with Gasteiger partial charge in [-0.1, -0.05) is 36.6 Å². The minimum atomic E-state index is 0. The summed E-state index contributed by atoms with van der Waals surface area (Å²) < 4.78 is 0. The quantitative estimate of drug-likeness (QED) is 0.699. The molecule has 0 radical (unpaired) electrons. The van der Waals surface area contributed by atoms with E-state index in [0.717, 1.165) is 36.5 Å². The number of carbonyl (C=O) groups excluding carboxylic acids is 1. The fourth-order valence-corrected chi connectivity index (χ4v) is 4.32. The Labute approximate surface area is 169 Å². The summed E-state index contributed by atoms with van der Waals surface area (Å²) in [5, 5.41) is 0.726. The van der Waals surface area contributed by atoms with Gasteiger partial charge < -0.3 is 9.80 Å². The maximum Gasteiger partial charge on any atom is 0.227 e. The van der Waals surface area contributed by atoms with Crippen molar-refractivity contribution in [1.82, 2.24) is 9.80 Å². The normalized spacial score (nSPS) is 21.7. The maximum atomic E-state index is 12.8. The van der Waals surface area contributed by atoms with E-state index >= 15 is 0 Å². The number of amides is 1. The Bertz CT molecular complexity index is 541. The monoisotopic (exact) mass is 398 g/mol. The van der Waals surface area contributed by atoms with Crippen LogP contribution < -0.4 is 0 Å². The van der Waals surface area contributed by atoms with Gasteiger partial charge in [0.25, 0.3) is 0 Å². The first-order valence-electron chi connectivity index (χ1n) is 9.98. The molecule has 1 aromatic carbocycles. The van der Waals surface area contributed by atoms with Crippen molar-refractivity contribution in [3.63, 3.8) is 0 Å². The third kappa shape index (κ3) is 6.44. The average molecular weight is 399 g/mol. The van der Waals surface area contributed by atoms with E-state index in [0.29, 0.717) is 12.5 Å². The van der Waals surface area contributed by atoms with Crippen LogP contribution in [0.1, 0.15) is 56.9 Å². The number of rotatable bonds is 5. The van der Waals surface area contributed by atoms with Crippen LogP contribution in [0.25, 0.3) is 0 Å². The van der Waals surface area contributed by atoms with Crippen molar-refractivity contribution in [2.24, 2.45) is 0 Å². The topological polar surface area (TPSA) is 23.6 Å². The molecule has 0 bridgehead atoms. The fourth-order valence-electron chi connectivity index (χ4n) is 4.20. The van der Waals surface area contributed by atoms with Crippen LogP contribution in [0.5, 0.6) is 0 Å². The number of likely N-dealkylation sites (tertiary alicyclic amines) is 2. The summed E-state index contributed by atoms with van der Waals surface area (Å²) in [5.41, 5.74) is 1.06. The van der Waals surface area contributed by atoms with Crippen LogP contribution in [0.3, 0.4) is 0 Å². The molecule has 26 heavy (non-hydrogen) atoms. The van der Waals surface area contributed by atoms with E-state index in [2.05, 4.69) is 9.80 Å². The maximum absolute atomic E-state index is 12.8. The zero-order valence-electron chi connectivity index (χ0n) is 15.7. The lowest BCUT2D eigenvalue weighted by molar-refractivity contribution is -0.134. The highest BCUT2D eigenvalue weighted by Crippen LogP contribution is 2.22. The Hall–Kier alpha value is -0.770. The third-order valence-electron chi connectivity index (χ3n) is 5.69. The van der Waals surface area contributed by atoms with E-state index in [1.165, 1.54) is 51.6 Å². The van der Waals surface area contributed by atoms with Gasteiger partial charge in [-0.2, -0.15) is 0 Å². The van der Waals surface area contributed by atoms with Gasteiger partial charge in [-0.25, -0.2) is 0 Å². The van der Waals surface area contributed by atoms with E-state index in [9.17, 15) is 4.79 Å². The number of hydrogen-bond acceptors (Lipinski definition) is 2. The van der Waals surface area contributed by atoms with Crippen molar-refractivity contribution in [2.45, 2.75) is 63.8 Å². The van der Waals surface area contributed by atoms with Crippen LogP contribution >= 0.6 is 24.0 Å². The Morgan fingerprint density at radius 3 is 2.31 bits per heavy atom. The summed E-state index contributed by atoms with van der Waals surface area (Å²) in [6.07, 6.45) is 10.6. The summed E-state index contributed by atoms with van der Waals surface area (Å²) in [4.78, 5) is 17.6. The molecule has 5 heteroatoms. The fraction of sp³-hybridized carbons (Fsp3) is 0.667. The number of benzene rings is 1. The predicted molar refractivity (Wildman–Crippen MR) is 111 cm³/mol. The van der Waals surface area contributed by atoms with Crippen molar-refractivity contribution in [2.75, 3.05) is 26.2 Å². The molecule has 0 saturated carbocycles. The van der Waals surface area contributed by atoms with Gasteiger partial charge in [0.1, 0.15) is 0 Å². The lowest BCUT2D eigenvalue weighted by Gasteiger charge is -2.37. The summed E-state index contributed by atoms with van der Waals surface area (Å²) in [6.45, 7) is 4.56. The predicted octanol–water partition coefficient (Wildman–Crippen LogP) is 4.95. The molecule has 0 spiro atoms. The van der Waals surface area contributed by atoms with Gasteiger partial charge in [0.2, 0.25) is 5.91 Å². The highest BCUT2D eigenvalue weighted by Gasteiger charge is 2.27. The zero-order chi connectivity index (χ0) is 17.5. The molecule has 1 amide bonds. The second-order valence-electron chi connectivity index (χ2n) is 7.58. The van der Waals surface area contributed by atoms with Crippen molar-refractivity contribution in [3.8, 4) is 0 Å². The van der Waals surface area contributed by atoms with Crippen LogP contribution in [0.2, 0.25) is 5.02 Å². The molecule has 2 saturated heterocycles. The smallest absolute Gasteiger partial charge is 0.227 e. The summed E-state index contributed by atoms with van der Waals surface area (Å²) in [5.74, 6) is 0.280. The highest BCUT2D eigenvalue weighted by molar-refractivity contribution is 6.30. The number of carbonyl (C=O) groups is 1. The molecule has 1 atom stereocenters. The highest BCUT2D eigenvalue weighted by atomic mass is 35.5. The van der Waals surface area contributed by atoms with E-state index in [-0.39, 0.29) is 18.3 Å². The molecular formula is C21H32Cl2N2O. The van der Waals surface area contributed by atoms with Crippen molar-refractivity contribution in [1.29, 1.82) is 0 Å². The number of hydrogen-bond donors (Lipinski definition) is 0. The third-order valence-corrected chi connectivity index (χ3v) is 5.95. The van der Waals surface area contributed by atoms with Crippen LogP contribution in [0.15, 0.2) is 24.3 Å². The van der Waals surface area contributed by atoms with Gasteiger partial charge in [-0.05, 0) is 69.3 Å². The Kier molecular flexibility index (Phi) is 9.24. The molecule has 0 N–H and O–H groups in total. The van der Waals surface area contributed by atoms with Crippen molar-refractivity contribution < 1.29 is 4.79 Å². The van der Waals surface area contributed by atoms with E-state index < -0.39 is 0 Å². The van der Waals surface area contributed by atoms with Gasteiger partial charge in [0.05, 0.1) is 6.42 Å². The van der Waals surface area contributed by atoms with Crippen molar-refractivity contribution in [3.05, 3.63) is 34.9 Å². The molecule has 2 fully saturated rings. The summed E-state index contributed by atoms with van der Waals surface area (Å²) in [6, 6.07) is 8.11. The summed E-state index contributed by atoms with van der Waals surface area (Å²) in [7, 11) is 0. The Morgan fingerprint density at radius 1 is 0.962 bits per heavy atom. The molecule has 3 rings (SSSR count). The second-order valence-corrected chi connectivity index (χ2v) is 8.02. The Balaban J connectivity index is 0.00000243. The first-order chi connectivity index (χ1) is 12.2. The number of piperidine rings is 1. The van der Waals surface area contributed by atoms with Gasteiger partial charge in [-0.3, -0.25) is 4.79 Å². The standard InChI is InChI=1S/C21H31ClN2O.ClH/c22-19-10-8-18(9-11-19)17-21(25)24-15-6-3-7-20(24)12-16-23-13-4-1-2-5-14-23;/h8-11,20H,1-7,12-17H2;1H. The van der Waals surface area contributed by atoms with Crippen molar-refractivity contribution >= 4 is 29.9 Å². The molecular weight excluding hydrogens is 367 g/mol. The van der Waals surface area contributed by atoms with Crippen LogP contribution in [-0.2, 0) is 11.2 Å². The second kappa shape index (κ2) is 11.2. The molecule has 1 aromatic rings. The number of halogens is 2. The molecule has 2 heterocycles. The van der Waals surface area contributed by atoms with Gasteiger partial charge >= 0.3 is 0 Å². The molecule has 1 unspecified atom stereocenters. The molecule has 0 aliphatic carbocycles. The molecule has 3 nitrogen and oxygen atoms in total.